The largest absolute Gasteiger partial charge is 0.394 e. The van der Waals surface area contributed by atoms with Gasteiger partial charge in [-0.2, -0.15) is 5.26 Å². The van der Waals surface area contributed by atoms with E-state index in [1.165, 1.54) is 0 Å². The van der Waals surface area contributed by atoms with Gasteiger partial charge in [-0.3, -0.25) is 9.19 Å². The number of piperidine rings is 1. The summed E-state index contributed by atoms with van der Waals surface area (Å²) in [5, 5.41) is 24.4. The molecule has 1 aliphatic carbocycles. The number of benzene rings is 1. The van der Waals surface area contributed by atoms with Crippen LogP contribution in [0.15, 0.2) is 29.2 Å². The van der Waals surface area contributed by atoms with Gasteiger partial charge in [0.15, 0.2) is 0 Å². The minimum Gasteiger partial charge on any atom is -0.394 e. The molecular weight excluding hydrogens is 444 g/mol. The smallest absolute Gasteiger partial charge is 0.103 e. The summed E-state index contributed by atoms with van der Waals surface area (Å²) in [7, 11) is -1.16. The SMILES string of the molecule is N#Cc1c(C2CCN(c3ccc(Cl)cc3)CC2)nc2c(c1NC1(CO)CCC1)[S@](=O)CC2. The highest BCUT2D eigenvalue weighted by Gasteiger charge is 2.40. The first kappa shape index (κ1) is 21.7. The van der Waals surface area contributed by atoms with Crippen LogP contribution in [0.5, 0.6) is 0 Å². The van der Waals surface area contributed by atoms with E-state index < -0.39 is 16.3 Å². The molecular formula is C24H27ClN4O2S. The molecule has 6 nitrogen and oxygen atoms in total. The topological polar surface area (TPSA) is 89.2 Å². The Kier molecular flexibility index (Phi) is 5.87. The van der Waals surface area contributed by atoms with Crippen LogP contribution in [-0.2, 0) is 17.2 Å². The number of hydrogen-bond donors (Lipinski definition) is 2. The predicted octanol–water partition coefficient (Wildman–Crippen LogP) is 3.98. The minimum atomic E-state index is -1.16. The van der Waals surface area contributed by atoms with Crippen molar-refractivity contribution < 1.29 is 9.32 Å². The minimum absolute atomic E-state index is 0.0103. The van der Waals surface area contributed by atoms with E-state index in [2.05, 4.69) is 16.3 Å². The third-order valence-electron chi connectivity index (χ3n) is 7.19. The summed E-state index contributed by atoms with van der Waals surface area (Å²) in [6, 6.07) is 10.3. The Bertz CT molecular complexity index is 1080. The fourth-order valence-corrected chi connectivity index (χ4v) is 6.63. The van der Waals surface area contributed by atoms with Crippen molar-refractivity contribution in [3.05, 3.63) is 46.2 Å². The third-order valence-corrected chi connectivity index (χ3v) is 8.91. The maximum Gasteiger partial charge on any atom is 0.103 e. The van der Waals surface area contributed by atoms with Gasteiger partial charge >= 0.3 is 0 Å². The van der Waals surface area contributed by atoms with Gasteiger partial charge in [0.1, 0.15) is 6.07 Å². The molecule has 1 saturated carbocycles. The summed E-state index contributed by atoms with van der Waals surface area (Å²) in [5.41, 5.74) is 3.61. The van der Waals surface area contributed by atoms with Crippen molar-refractivity contribution >= 4 is 33.8 Å². The Labute approximate surface area is 196 Å². The highest BCUT2D eigenvalue weighted by Crippen LogP contribution is 2.43. The zero-order valence-electron chi connectivity index (χ0n) is 17.9. The van der Waals surface area contributed by atoms with Gasteiger partial charge in [0, 0.05) is 41.9 Å². The second-order valence-electron chi connectivity index (χ2n) is 9.09. The van der Waals surface area contributed by atoms with Crippen molar-refractivity contribution in [2.24, 2.45) is 0 Å². The van der Waals surface area contributed by atoms with Crippen molar-refractivity contribution in [3.8, 4) is 6.07 Å². The Hall–Kier alpha value is -2.14. The Morgan fingerprint density at radius 2 is 2.00 bits per heavy atom. The summed E-state index contributed by atoms with van der Waals surface area (Å²) < 4.78 is 12.8. The molecule has 1 saturated heterocycles. The van der Waals surface area contributed by atoms with E-state index in [4.69, 9.17) is 16.6 Å². The standard InChI is InChI=1S/C24H27ClN4O2S/c25-17-2-4-18(5-3-17)29-11-6-16(7-12-29)21-19(14-26)22(28-24(15-30)9-1-10-24)23-20(27-21)8-13-32(23)31/h2-5,16,30H,1,6-13,15H2,(H,27,28)/t32-/m1/s1. The van der Waals surface area contributed by atoms with Crippen LogP contribution < -0.4 is 10.2 Å². The number of aliphatic hydroxyl groups is 1. The maximum atomic E-state index is 12.8. The van der Waals surface area contributed by atoms with Crippen LogP contribution in [0.1, 0.15) is 55.0 Å². The van der Waals surface area contributed by atoms with E-state index in [0.29, 0.717) is 28.3 Å². The summed E-state index contributed by atoms with van der Waals surface area (Å²) in [6.45, 7) is 1.77. The zero-order valence-corrected chi connectivity index (χ0v) is 19.5. The van der Waals surface area contributed by atoms with Crippen molar-refractivity contribution in [3.63, 3.8) is 0 Å². The van der Waals surface area contributed by atoms with Crippen LogP contribution >= 0.6 is 11.6 Å². The quantitative estimate of drug-likeness (QED) is 0.687. The van der Waals surface area contributed by atoms with Crippen LogP contribution in [0.4, 0.5) is 11.4 Å². The number of pyridine rings is 1. The molecule has 2 aromatic rings. The second-order valence-corrected chi connectivity index (χ2v) is 11.0. The van der Waals surface area contributed by atoms with E-state index >= 15 is 0 Å². The van der Waals surface area contributed by atoms with Gasteiger partial charge in [0.2, 0.25) is 0 Å². The molecule has 1 aromatic heterocycles. The van der Waals surface area contributed by atoms with Gasteiger partial charge in [-0.1, -0.05) is 11.6 Å². The molecule has 5 rings (SSSR count). The van der Waals surface area contributed by atoms with E-state index in [1.54, 1.807) is 0 Å². The Morgan fingerprint density at radius 1 is 1.28 bits per heavy atom. The first-order valence-corrected chi connectivity index (χ1v) is 13.0. The van der Waals surface area contributed by atoms with Gasteiger partial charge in [-0.15, -0.1) is 0 Å². The van der Waals surface area contributed by atoms with Gasteiger partial charge in [-0.25, -0.2) is 0 Å². The molecule has 0 amide bonds. The van der Waals surface area contributed by atoms with Crippen molar-refractivity contribution in [2.75, 3.05) is 35.7 Å². The van der Waals surface area contributed by atoms with Crippen molar-refractivity contribution in [1.29, 1.82) is 5.26 Å². The van der Waals surface area contributed by atoms with Crippen molar-refractivity contribution in [2.45, 2.75) is 54.9 Å². The van der Waals surface area contributed by atoms with E-state index in [0.717, 1.165) is 67.3 Å². The van der Waals surface area contributed by atoms with E-state index in [-0.39, 0.29) is 12.5 Å². The lowest BCUT2D eigenvalue weighted by atomic mass is 9.77. The number of fused-ring (bicyclic) bond motifs is 1. The van der Waals surface area contributed by atoms with Crippen molar-refractivity contribution in [1.82, 2.24) is 4.98 Å². The number of aromatic nitrogens is 1. The number of aryl methyl sites for hydroxylation is 1. The average Bonchev–Trinajstić information content (AvgIpc) is 3.17. The second kappa shape index (κ2) is 8.66. The number of aliphatic hydroxyl groups excluding tert-OH is 1. The van der Waals surface area contributed by atoms with Crippen LogP contribution in [0.3, 0.4) is 0 Å². The maximum absolute atomic E-state index is 12.8. The molecule has 1 aromatic carbocycles. The molecule has 2 fully saturated rings. The number of nitriles is 1. The lowest BCUT2D eigenvalue weighted by Gasteiger charge is -2.42. The highest BCUT2D eigenvalue weighted by atomic mass is 35.5. The molecule has 0 bridgehead atoms. The van der Waals surface area contributed by atoms with Crippen LogP contribution in [-0.4, -0.2) is 45.3 Å². The number of nitrogens with one attached hydrogen (secondary N) is 1. The average molecular weight is 471 g/mol. The molecule has 3 aliphatic rings. The molecule has 0 spiro atoms. The molecule has 32 heavy (non-hydrogen) atoms. The molecule has 0 radical (unpaired) electrons. The normalized spacial score (nSPS) is 22.2. The Balaban J connectivity index is 1.46. The van der Waals surface area contributed by atoms with Gasteiger partial charge in [0.05, 0.1) is 50.5 Å². The number of rotatable bonds is 5. The lowest BCUT2D eigenvalue weighted by molar-refractivity contribution is 0.144. The molecule has 0 unspecified atom stereocenters. The number of hydrogen-bond acceptors (Lipinski definition) is 6. The predicted molar refractivity (Wildman–Crippen MR) is 127 cm³/mol. The van der Waals surface area contributed by atoms with E-state index in [1.807, 2.05) is 24.3 Å². The molecule has 8 heteroatoms. The number of halogens is 1. The zero-order chi connectivity index (χ0) is 22.3. The lowest BCUT2D eigenvalue weighted by Crippen LogP contribution is -2.48. The molecule has 2 N–H and O–H groups in total. The van der Waals surface area contributed by atoms with Gasteiger partial charge < -0.3 is 15.3 Å². The highest BCUT2D eigenvalue weighted by molar-refractivity contribution is 7.85. The van der Waals surface area contributed by atoms with Crippen LogP contribution in [0.2, 0.25) is 5.02 Å². The monoisotopic (exact) mass is 470 g/mol. The third kappa shape index (κ3) is 3.79. The van der Waals surface area contributed by atoms with Crippen LogP contribution in [0, 0.1) is 11.3 Å². The first-order chi connectivity index (χ1) is 15.5. The Morgan fingerprint density at radius 3 is 2.59 bits per heavy atom. The number of nitrogens with zero attached hydrogens (tertiary/aromatic N) is 3. The molecule has 168 valence electrons. The van der Waals surface area contributed by atoms with Crippen LogP contribution in [0.25, 0.3) is 0 Å². The summed E-state index contributed by atoms with van der Waals surface area (Å²) in [4.78, 5) is 7.94. The fourth-order valence-electron chi connectivity index (χ4n) is 5.13. The van der Waals surface area contributed by atoms with E-state index in [9.17, 15) is 14.6 Å². The summed E-state index contributed by atoms with van der Waals surface area (Å²) in [6.07, 6.45) is 5.22. The molecule has 2 aliphatic heterocycles. The first-order valence-electron chi connectivity index (χ1n) is 11.3. The molecule has 1 atom stereocenters. The fraction of sp³-hybridized carbons (Fsp3) is 0.500. The van der Waals surface area contributed by atoms with Gasteiger partial charge in [0.25, 0.3) is 0 Å². The summed E-state index contributed by atoms with van der Waals surface area (Å²) in [5.74, 6) is 0.728. The molecule has 3 heterocycles. The van der Waals surface area contributed by atoms with Gasteiger partial charge in [-0.05, 0) is 56.4 Å². The summed E-state index contributed by atoms with van der Waals surface area (Å²) >= 11 is 6.03. The number of anilines is 2.